The van der Waals surface area contributed by atoms with Crippen molar-refractivity contribution in [2.75, 3.05) is 37.6 Å². The Bertz CT molecular complexity index is 1280. The summed E-state index contributed by atoms with van der Waals surface area (Å²) in [6.07, 6.45) is 3.16. The Morgan fingerprint density at radius 1 is 1.09 bits per heavy atom. The normalized spacial score (nSPS) is 18.4. The number of hydrogen-bond donors (Lipinski definition) is 1. The molecule has 0 radical (unpaired) electrons. The fourth-order valence-corrected chi connectivity index (χ4v) is 4.93. The first-order chi connectivity index (χ1) is 16.0. The minimum Gasteiger partial charge on any atom is -0.369 e. The number of likely N-dealkylation sites (N-methyl/N-ethyl adjacent to an activating group) is 1. The van der Waals surface area contributed by atoms with Gasteiger partial charge < -0.3 is 9.80 Å². The molecular formula is C24H24N6O2S. The number of aromatic nitrogens is 3. The Morgan fingerprint density at radius 3 is 2.61 bits per heavy atom. The van der Waals surface area contributed by atoms with Crippen LogP contribution in [-0.2, 0) is 4.79 Å². The second-order valence-electron chi connectivity index (χ2n) is 8.10. The summed E-state index contributed by atoms with van der Waals surface area (Å²) >= 11 is 0.876. The summed E-state index contributed by atoms with van der Waals surface area (Å²) < 4.78 is 0. The molecule has 2 amide bonds. The number of aryl methyl sites for hydroxylation is 1. The second-order valence-corrected chi connectivity index (χ2v) is 9.12. The maximum Gasteiger partial charge on any atom is 0.290 e. The first kappa shape index (κ1) is 21.5. The lowest BCUT2D eigenvalue weighted by Crippen LogP contribution is -2.46. The van der Waals surface area contributed by atoms with Crippen LogP contribution in [0, 0.1) is 6.92 Å². The van der Waals surface area contributed by atoms with Gasteiger partial charge in [-0.15, -0.1) is 0 Å². The SMILES string of the molecule is CCN1CCN(c2ccc(-c3ncnc4ccc(C=C5SC(=O)NC5=O)nc34)cc2C)CC1. The number of imide groups is 1. The van der Waals surface area contributed by atoms with Crippen molar-refractivity contribution in [1.82, 2.24) is 25.2 Å². The van der Waals surface area contributed by atoms with Crippen LogP contribution in [0.4, 0.5) is 10.5 Å². The van der Waals surface area contributed by atoms with Crippen molar-refractivity contribution in [3.05, 3.63) is 52.8 Å². The molecule has 2 aliphatic rings. The van der Waals surface area contributed by atoms with Gasteiger partial charge in [-0.3, -0.25) is 14.9 Å². The molecule has 0 atom stereocenters. The van der Waals surface area contributed by atoms with Gasteiger partial charge in [-0.2, -0.15) is 0 Å². The van der Waals surface area contributed by atoms with Crippen LogP contribution < -0.4 is 10.2 Å². The van der Waals surface area contributed by atoms with Gasteiger partial charge in [0.1, 0.15) is 11.8 Å². The van der Waals surface area contributed by atoms with E-state index in [9.17, 15) is 9.59 Å². The lowest BCUT2D eigenvalue weighted by Gasteiger charge is -2.36. The standard InChI is InChI=1S/C24H24N6O2S/c1-3-29-8-10-30(11-9-29)19-7-4-16(12-15(19)2)21-22-18(25-14-26-21)6-5-17(27-22)13-20-23(31)28-24(32)33-20/h4-7,12-14H,3,8-11H2,1-2H3,(H,28,31,32). The molecule has 1 aromatic carbocycles. The molecule has 8 nitrogen and oxygen atoms in total. The van der Waals surface area contributed by atoms with E-state index in [2.05, 4.69) is 57.1 Å². The van der Waals surface area contributed by atoms with Crippen LogP contribution >= 0.6 is 11.8 Å². The van der Waals surface area contributed by atoms with E-state index in [-0.39, 0.29) is 5.24 Å². The third-order valence-corrected chi connectivity index (χ3v) is 6.87. The first-order valence-corrected chi connectivity index (χ1v) is 11.8. The summed E-state index contributed by atoms with van der Waals surface area (Å²) in [5, 5.41) is 1.89. The van der Waals surface area contributed by atoms with E-state index in [1.807, 2.05) is 6.07 Å². The van der Waals surface area contributed by atoms with Crippen molar-refractivity contribution in [1.29, 1.82) is 0 Å². The Labute approximate surface area is 196 Å². The van der Waals surface area contributed by atoms with Crippen molar-refractivity contribution in [2.45, 2.75) is 13.8 Å². The van der Waals surface area contributed by atoms with Crippen molar-refractivity contribution < 1.29 is 9.59 Å². The van der Waals surface area contributed by atoms with Gasteiger partial charge in [0, 0.05) is 37.4 Å². The topological polar surface area (TPSA) is 91.3 Å². The number of nitrogens with zero attached hydrogens (tertiary/aromatic N) is 5. The van der Waals surface area contributed by atoms with Crippen LogP contribution in [0.15, 0.2) is 41.6 Å². The van der Waals surface area contributed by atoms with Gasteiger partial charge in [0.25, 0.3) is 11.1 Å². The predicted octanol–water partition coefficient (Wildman–Crippen LogP) is 3.47. The van der Waals surface area contributed by atoms with E-state index in [0.717, 1.165) is 61.3 Å². The third kappa shape index (κ3) is 4.34. The minimum absolute atomic E-state index is 0.327. The Balaban J connectivity index is 1.48. The zero-order valence-corrected chi connectivity index (χ0v) is 19.4. The second kappa shape index (κ2) is 8.92. The number of amides is 2. The summed E-state index contributed by atoms with van der Waals surface area (Å²) in [6, 6.07) is 10.0. The van der Waals surface area contributed by atoms with Crippen LogP contribution in [0.25, 0.3) is 28.4 Å². The molecule has 0 aliphatic carbocycles. The summed E-state index contributed by atoms with van der Waals surface area (Å²) in [6.45, 7) is 9.65. The number of carbonyl (C=O) groups excluding carboxylic acids is 2. The summed E-state index contributed by atoms with van der Waals surface area (Å²) in [7, 11) is 0. The summed E-state index contributed by atoms with van der Waals surface area (Å²) in [4.78, 5) is 42.2. The molecule has 0 unspecified atom stereocenters. The number of piperazine rings is 1. The molecule has 2 aromatic heterocycles. The van der Waals surface area contributed by atoms with Crippen molar-refractivity contribution >= 4 is 45.7 Å². The number of fused-ring (bicyclic) bond motifs is 1. The van der Waals surface area contributed by atoms with Crippen LogP contribution in [0.3, 0.4) is 0 Å². The number of nitrogens with one attached hydrogen (secondary N) is 1. The highest BCUT2D eigenvalue weighted by Crippen LogP contribution is 2.31. The molecule has 1 N–H and O–H groups in total. The van der Waals surface area contributed by atoms with Gasteiger partial charge in [0.15, 0.2) is 0 Å². The Morgan fingerprint density at radius 2 is 1.91 bits per heavy atom. The average Bonchev–Trinajstić information content (AvgIpc) is 3.15. The third-order valence-electron chi connectivity index (χ3n) is 6.05. The van der Waals surface area contributed by atoms with Crippen LogP contribution in [0.2, 0.25) is 0 Å². The predicted molar refractivity (Wildman–Crippen MR) is 131 cm³/mol. The van der Waals surface area contributed by atoms with Gasteiger partial charge in [0.2, 0.25) is 0 Å². The molecule has 33 heavy (non-hydrogen) atoms. The molecule has 0 bridgehead atoms. The quantitative estimate of drug-likeness (QED) is 0.592. The molecule has 5 rings (SSSR count). The Hall–Kier alpha value is -3.30. The highest BCUT2D eigenvalue weighted by atomic mass is 32.2. The molecule has 2 fully saturated rings. The maximum absolute atomic E-state index is 11.9. The van der Waals surface area contributed by atoms with E-state index in [0.29, 0.717) is 16.1 Å². The van der Waals surface area contributed by atoms with Crippen LogP contribution in [0.5, 0.6) is 0 Å². The largest absolute Gasteiger partial charge is 0.369 e. The lowest BCUT2D eigenvalue weighted by molar-refractivity contribution is -0.115. The Kier molecular flexibility index (Phi) is 5.82. The van der Waals surface area contributed by atoms with E-state index >= 15 is 0 Å². The molecular weight excluding hydrogens is 436 g/mol. The van der Waals surface area contributed by atoms with Gasteiger partial charge in [0.05, 0.1) is 21.8 Å². The molecule has 4 heterocycles. The smallest absolute Gasteiger partial charge is 0.290 e. The van der Waals surface area contributed by atoms with Gasteiger partial charge in [-0.25, -0.2) is 15.0 Å². The van der Waals surface area contributed by atoms with Gasteiger partial charge >= 0.3 is 0 Å². The summed E-state index contributed by atoms with van der Waals surface area (Å²) in [5.41, 5.74) is 6.11. The van der Waals surface area contributed by atoms with E-state index in [4.69, 9.17) is 4.98 Å². The van der Waals surface area contributed by atoms with Crippen LogP contribution in [0.1, 0.15) is 18.2 Å². The molecule has 0 spiro atoms. The number of rotatable bonds is 4. The fourth-order valence-electron chi connectivity index (χ4n) is 4.26. The highest BCUT2D eigenvalue weighted by molar-refractivity contribution is 8.18. The summed E-state index contributed by atoms with van der Waals surface area (Å²) in [5.74, 6) is -0.401. The molecule has 3 aromatic rings. The maximum atomic E-state index is 11.9. The highest BCUT2D eigenvalue weighted by Gasteiger charge is 2.25. The van der Waals surface area contributed by atoms with Crippen molar-refractivity contribution in [3.63, 3.8) is 0 Å². The zero-order valence-electron chi connectivity index (χ0n) is 18.5. The molecule has 168 valence electrons. The van der Waals surface area contributed by atoms with Crippen molar-refractivity contribution in [2.24, 2.45) is 0 Å². The minimum atomic E-state index is -0.401. The van der Waals surface area contributed by atoms with E-state index in [1.54, 1.807) is 18.5 Å². The fraction of sp³-hybridized carbons (Fsp3) is 0.292. The first-order valence-electron chi connectivity index (χ1n) is 11.0. The number of thioether (sulfide) groups is 1. The number of carbonyl (C=O) groups is 2. The van der Waals surface area contributed by atoms with Crippen molar-refractivity contribution in [3.8, 4) is 11.3 Å². The zero-order chi connectivity index (χ0) is 22.9. The monoisotopic (exact) mass is 460 g/mol. The number of hydrogen-bond acceptors (Lipinski definition) is 8. The van der Waals surface area contributed by atoms with Gasteiger partial charge in [-0.05, 0) is 61.1 Å². The number of benzene rings is 1. The van der Waals surface area contributed by atoms with Gasteiger partial charge in [-0.1, -0.05) is 13.0 Å². The van der Waals surface area contributed by atoms with E-state index < -0.39 is 5.91 Å². The molecule has 9 heteroatoms. The average molecular weight is 461 g/mol. The molecule has 0 saturated carbocycles. The molecule has 2 saturated heterocycles. The number of anilines is 1. The molecule has 2 aliphatic heterocycles. The lowest BCUT2D eigenvalue weighted by atomic mass is 10.0. The van der Waals surface area contributed by atoms with Crippen LogP contribution in [-0.4, -0.2) is 63.7 Å². The van der Waals surface area contributed by atoms with E-state index in [1.165, 1.54) is 11.3 Å². The number of pyridine rings is 1.